The molecule has 0 spiro atoms. The van der Waals surface area contributed by atoms with Gasteiger partial charge in [-0.25, -0.2) is 9.36 Å². The van der Waals surface area contributed by atoms with Gasteiger partial charge in [-0.2, -0.15) is 4.40 Å². The highest BCUT2D eigenvalue weighted by molar-refractivity contribution is 7.99. The van der Waals surface area contributed by atoms with E-state index in [0.717, 1.165) is 20.5 Å². The van der Waals surface area contributed by atoms with Crippen LogP contribution in [0.1, 0.15) is 32.6 Å². The lowest BCUT2D eigenvalue weighted by Gasteiger charge is -2.49. The Hall–Kier alpha value is -1.84. The first-order chi connectivity index (χ1) is 13.1. The van der Waals surface area contributed by atoms with Crippen molar-refractivity contribution in [3.8, 4) is 0 Å². The number of carboxylic acids is 1. The van der Waals surface area contributed by atoms with Crippen molar-refractivity contribution in [2.45, 2.75) is 44.9 Å². The SMILES string of the molecule is CCSc1c2sc(C3=C(C(=O)O)N4C(=O)[C@H]([C@@H](C)O)[C@@H]4C3(C)C)cn2c[n+]1C. The maximum atomic E-state index is 12.6. The van der Waals surface area contributed by atoms with E-state index in [2.05, 4.69) is 11.5 Å². The number of aliphatic carboxylic acids is 1. The first-order valence-corrected chi connectivity index (χ1v) is 11.0. The number of hydrogen-bond acceptors (Lipinski definition) is 5. The molecular formula is C19H24N3O4S2+. The van der Waals surface area contributed by atoms with Crippen LogP contribution in [-0.2, 0) is 16.6 Å². The standard InChI is InChI=1S/C19H23N3O4S2/c1-6-27-16-17-21(8-20(16)5)7-10(28-17)12-13(18(25)26)22-14(19(12,3)4)11(9(2)23)15(22)24/h7-9,11,14,23H,6H2,1-5H3/p+1/t9-,11-,14-/m1/s1. The number of hydrogen-bond donors (Lipinski definition) is 2. The number of thioether (sulfide) groups is 1. The topological polar surface area (TPSA) is 86.1 Å². The number of aliphatic hydroxyl groups is 1. The van der Waals surface area contributed by atoms with Gasteiger partial charge in [-0.1, -0.05) is 43.9 Å². The van der Waals surface area contributed by atoms with Crippen LogP contribution < -0.4 is 4.57 Å². The van der Waals surface area contributed by atoms with Crippen molar-refractivity contribution in [1.29, 1.82) is 0 Å². The van der Waals surface area contributed by atoms with Crippen molar-refractivity contribution < 1.29 is 24.4 Å². The molecule has 0 bridgehead atoms. The molecule has 1 saturated heterocycles. The van der Waals surface area contributed by atoms with Gasteiger partial charge in [0.25, 0.3) is 0 Å². The van der Waals surface area contributed by atoms with E-state index in [-0.39, 0.29) is 17.6 Å². The average molecular weight is 423 g/mol. The molecular weight excluding hydrogens is 398 g/mol. The Morgan fingerprint density at radius 1 is 1.46 bits per heavy atom. The number of imidazole rings is 1. The zero-order valence-electron chi connectivity index (χ0n) is 16.5. The van der Waals surface area contributed by atoms with E-state index in [4.69, 9.17) is 0 Å². The fourth-order valence-electron chi connectivity index (χ4n) is 4.63. The molecule has 2 aliphatic rings. The number of carbonyl (C=O) groups excluding carboxylic acids is 1. The molecule has 7 nitrogen and oxygen atoms in total. The molecule has 1 amide bonds. The van der Waals surface area contributed by atoms with Crippen molar-refractivity contribution in [2.75, 3.05) is 5.75 Å². The Balaban J connectivity index is 1.89. The molecule has 2 aliphatic heterocycles. The molecule has 0 aliphatic carbocycles. The Morgan fingerprint density at radius 2 is 2.14 bits per heavy atom. The van der Waals surface area contributed by atoms with Crippen LogP contribution in [0.2, 0.25) is 0 Å². The van der Waals surface area contributed by atoms with Crippen molar-refractivity contribution in [2.24, 2.45) is 18.4 Å². The van der Waals surface area contributed by atoms with Crippen LogP contribution in [0.4, 0.5) is 0 Å². The van der Waals surface area contributed by atoms with E-state index in [1.807, 2.05) is 37.8 Å². The van der Waals surface area contributed by atoms with Gasteiger partial charge in [-0.15, -0.1) is 0 Å². The molecule has 2 N–H and O–H groups in total. The number of β-lactam (4-membered cyclic amide) rings is 1. The third-order valence-electron chi connectivity index (χ3n) is 5.75. The molecule has 0 saturated carbocycles. The minimum absolute atomic E-state index is 0.0514. The molecule has 150 valence electrons. The van der Waals surface area contributed by atoms with Crippen LogP contribution >= 0.6 is 23.1 Å². The Kier molecular flexibility index (Phi) is 4.40. The van der Waals surface area contributed by atoms with Gasteiger partial charge < -0.3 is 15.1 Å². The second kappa shape index (κ2) is 6.33. The monoisotopic (exact) mass is 422 g/mol. The van der Waals surface area contributed by atoms with Crippen molar-refractivity contribution in [1.82, 2.24) is 9.30 Å². The van der Waals surface area contributed by atoms with Crippen LogP contribution in [0, 0.1) is 11.3 Å². The smallest absolute Gasteiger partial charge is 0.352 e. The summed E-state index contributed by atoms with van der Waals surface area (Å²) in [6.07, 6.45) is 3.12. The molecule has 4 rings (SSSR count). The highest BCUT2D eigenvalue weighted by Gasteiger charge is 2.64. The maximum Gasteiger partial charge on any atom is 0.352 e. The number of aryl methyl sites for hydroxylation is 1. The number of aliphatic hydroxyl groups excluding tert-OH is 1. The minimum Gasteiger partial charge on any atom is -0.477 e. The zero-order valence-corrected chi connectivity index (χ0v) is 18.1. The molecule has 0 radical (unpaired) electrons. The first-order valence-electron chi connectivity index (χ1n) is 9.23. The van der Waals surface area contributed by atoms with Gasteiger partial charge in [-0.05, 0) is 12.7 Å². The molecule has 2 aromatic heterocycles. The van der Waals surface area contributed by atoms with E-state index in [1.54, 1.807) is 30.0 Å². The third-order valence-corrected chi connectivity index (χ3v) is 8.05. The Labute approximate surface area is 171 Å². The van der Waals surface area contributed by atoms with Crippen molar-refractivity contribution >= 4 is 45.4 Å². The quantitative estimate of drug-likeness (QED) is 0.437. The third kappa shape index (κ3) is 2.42. The van der Waals surface area contributed by atoms with Gasteiger partial charge >= 0.3 is 5.97 Å². The summed E-state index contributed by atoms with van der Waals surface area (Å²) in [6.45, 7) is 7.63. The minimum atomic E-state index is -1.10. The summed E-state index contributed by atoms with van der Waals surface area (Å²) >= 11 is 3.29. The molecule has 28 heavy (non-hydrogen) atoms. The molecule has 4 heterocycles. The summed E-state index contributed by atoms with van der Waals surface area (Å²) in [6, 6.07) is -0.344. The predicted molar refractivity (Wildman–Crippen MR) is 107 cm³/mol. The van der Waals surface area contributed by atoms with E-state index in [0.29, 0.717) is 5.57 Å². The molecule has 0 unspecified atom stereocenters. The normalized spacial score (nSPS) is 24.6. The number of amides is 1. The molecule has 9 heteroatoms. The van der Waals surface area contributed by atoms with Gasteiger partial charge in [0.2, 0.25) is 22.1 Å². The van der Waals surface area contributed by atoms with E-state index in [1.165, 1.54) is 4.90 Å². The number of nitrogens with zero attached hydrogens (tertiary/aromatic N) is 3. The predicted octanol–water partition coefficient (Wildman–Crippen LogP) is 1.98. The Bertz CT molecular complexity index is 1030. The van der Waals surface area contributed by atoms with Crippen molar-refractivity contribution in [3.63, 3.8) is 0 Å². The number of rotatable bonds is 5. The molecule has 1 fully saturated rings. The number of fused-ring (bicyclic) bond motifs is 2. The highest BCUT2D eigenvalue weighted by atomic mass is 32.2. The lowest BCUT2D eigenvalue weighted by molar-refractivity contribution is -0.705. The maximum absolute atomic E-state index is 12.6. The summed E-state index contributed by atoms with van der Waals surface area (Å²) in [5, 5.41) is 21.1. The average Bonchev–Trinajstić information content (AvgIpc) is 3.15. The second-order valence-corrected chi connectivity index (χ2v) is 10.2. The largest absolute Gasteiger partial charge is 0.477 e. The van der Waals surface area contributed by atoms with Crippen LogP contribution in [-0.4, -0.2) is 49.3 Å². The highest BCUT2D eigenvalue weighted by Crippen LogP contribution is 2.58. The number of carboxylic acid groups (broad SMARTS) is 1. The molecule has 3 atom stereocenters. The number of aromatic nitrogens is 2. The lowest BCUT2D eigenvalue weighted by Crippen LogP contribution is -2.65. The molecule has 0 aromatic carbocycles. The van der Waals surface area contributed by atoms with Crippen LogP contribution in [0.15, 0.2) is 23.2 Å². The van der Waals surface area contributed by atoms with Crippen molar-refractivity contribution in [3.05, 3.63) is 23.1 Å². The first kappa shape index (κ1) is 19.5. The summed E-state index contributed by atoms with van der Waals surface area (Å²) < 4.78 is 4.08. The molecule has 2 aromatic rings. The summed E-state index contributed by atoms with van der Waals surface area (Å²) in [4.78, 5) is 28.1. The van der Waals surface area contributed by atoms with E-state index < -0.39 is 23.4 Å². The summed E-state index contributed by atoms with van der Waals surface area (Å²) in [7, 11) is 2.00. The van der Waals surface area contributed by atoms with Gasteiger partial charge in [0.1, 0.15) is 11.9 Å². The van der Waals surface area contributed by atoms with E-state index >= 15 is 0 Å². The summed E-state index contributed by atoms with van der Waals surface area (Å²) in [5.74, 6) is -1.04. The fourth-order valence-corrected chi connectivity index (χ4v) is 6.96. The van der Waals surface area contributed by atoms with Gasteiger partial charge in [0, 0.05) is 11.0 Å². The van der Waals surface area contributed by atoms with Crippen LogP contribution in [0.5, 0.6) is 0 Å². The van der Waals surface area contributed by atoms with E-state index in [9.17, 15) is 19.8 Å². The summed E-state index contributed by atoms with van der Waals surface area (Å²) in [5.41, 5.74) is 0.146. The fraction of sp³-hybridized carbons (Fsp3) is 0.526. The number of carbonyl (C=O) groups is 2. The van der Waals surface area contributed by atoms with Gasteiger partial charge in [-0.3, -0.25) is 4.79 Å². The van der Waals surface area contributed by atoms with Gasteiger partial charge in [0.15, 0.2) is 0 Å². The zero-order chi connectivity index (χ0) is 20.5. The number of thiazole rings is 1. The second-order valence-electron chi connectivity index (χ2n) is 7.94. The Morgan fingerprint density at radius 3 is 2.71 bits per heavy atom. The van der Waals surface area contributed by atoms with Crippen LogP contribution in [0.3, 0.4) is 0 Å². The lowest BCUT2D eigenvalue weighted by atomic mass is 9.68. The van der Waals surface area contributed by atoms with Gasteiger partial charge in [0.05, 0.1) is 30.0 Å². The van der Waals surface area contributed by atoms with Crippen LogP contribution in [0.25, 0.3) is 10.4 Å².